The molecule has 0 unspecified atom stereocenters. The molecule has 0 atom stereocenters. The van der Waals surface area contributed by atoms with Crippen LogP contribution in [0.4, 0.5) is 39.3 Å². The van der Waals surface area contributed by atoms with Crippen LogP contribution in [0.5, 0.6) is 0 Å². The van der Waals surface area contributed by atoms with E-state index in [9.17, 15) is 26.7 Å². The highest BCUT2D eigenvalue weighted by Gasteiger charge is 2.45. The fourth-order valence-electron chi connectivity index (χ4n) is 5.42. The zero-order valence-corrected chi connectivity index (χ0v) is 19.9. The molecule has 1 amide bonds. The van der Waals surface area contributed by atoms with Crippen LogP contribution in [0.1, 0.15) is 42.4 Å². The van der Waals surface area contributed by atoms with Crippen molar-refractivity contribution in [2.75, 3.05) is 48.4 Å². The Morgan fingerprint density at radius 2 is 1.78 bits per heavy atom. The van der Waals surface area contributed by atoms with E-state index in [0.29, 0.717) is 44.4 Å². The number of fused-ring (bicyclic) bond motifs is 2. The van der Waals surface area contributed by atoms with Crippen molar-refractivity contribution in [2.24, 2.45) is 11.8 Å². The maximum absolute atomic E-state index is 14.9. The zero-order valence-electron chi connectivity index (χ0n) is 19.9. The van der Waals surface area contributed by atoms with E-state index >= 15 is 0 Å². The topological polar surface area (TPSA) is 70.8 Å². The van der Waals surface area contributed by atoms with Gasteiger partial charge >= 0.3 is 6.18 Å². The number of nitrogens with zero attached hydrogens (tertiary/aromatic N) is 3. The maximum Gasteiger partial charge on any atom is 0.396 e. The number of benzene rings is 1. The second-order valence-corrected chi connectivity index (χ2v) is 10.0. The highest BCUT2D eigenvalue weighted by atomic mass is 19.4. The number of carbonyl (C=O) groups excluding carboxylic acids is 1. The van der Waals surface area contributed by atoms with E-state index in [0.717, 1.165) is 25.0 Å². The molecule has 0 radical (unpaired) electrons. The van der Waals surface area contributed by atoms with Gasteiger partial charge in [-0.25, -0.2) is 8.78 Å². The standard InChI is InChI=1S/C24H27F5N4O3/c1-3-23(35-2)11-33(12-23)22-31-19(18(36-22)8-24(27,28)29)21(34)30-15-6-16(25)20(17(26)7-15)32-9-13-4-14(5-13)10-32/h6-7,13-14H,3-5,8-12H2,1-2H3,(H,30,34). The lowest BCUT2D eigenvalue weighted by Gasteiger charge is -2.48. The maximum atomic E-state index is 14.9. The molecule has 3 saturated heterocycles. The molecule has 1 N–H and O–H groups in total. The molecule has 4 heterocycles. The van der Waals surface area contributed by atoms with Crippen LogP contribution in [0.2, 0.25) is 0 Å². The van der Waals surface area contributed by atoms with Gasteiger partial charge < -0.3 is 24.3 Å². The second kappa shape index (κ2) is 8.89. The lowest BCUT2D eigenvalue weighted by Crippen LogP contribution is -2.62. The molecule has 2 bridgehead atoms. The van der Waals surface area contributed by atoms with Gasteiger partial charge in [0.05, 0.1) is 13.1 Å². The number of alkyl halides is 3. The summed E-state index contributed by atoms with van der Waals surface area (Å²) in [7, 11) is 1.54. The Kier molecular flexibility index (Phi) is 6.12. The van der Waals surface area contributed by atoms with Crippen LogP contribution in [0, 0.1) is 23.5 Å². The van der Waals surface area contributed by atoms with Gasteiger partial charge in [-0.05, 0) is 43.2 Å². The first kappa shape index (κ1) is 24.8. The summed E-state index contributed by atoms with van der Waals surface area (Å²) in [5.41, 5.74) is -1.43. The number of piperidine rings is 2. The van der Waals surface area contributed by atoms with Crippen LogP contribution in [0.3, 0.4) is 0 Å². The number of halogens is 5. The molecule has 6 rings (SSSR count). The van der Waals surface area contributed by atoms with Gasteiger partial charge in [0.1, 0.15) is 23.5 Å². The van der Waals surface area contributed by atoms with Crippen molar-refractivity contribution in [3.8, 4) is 0 Å². The highest BCUT2D eigenvalue weighted by Crippen LogP contribution is 2.42. The van der Waals surface area contributed by atoms with E-state index in [1.54, 1.807) is 16.9 Å². The number of hydrogen-bond acceptors (Lipinski definition) is 6. The molecule has 4 fully saturated rings. The Labute approximate surface area is 204 Å². The summed E-state index contributed by atoms with van der Waals surface area (Å²) in [4.78, 5) is 20.1. The Morgan fingerprint density at radius 1 is 1.17 bits per heavy atom. The Hall–Kier alpha value is -2.89. The molecule has 1 aliphatic carbocycles. The lowest BCUT2D eigenvalue weighted by atomic mass is 9.71. The van der Waals surface area contributed by atoms with Gasteiger partial charge in [-0.15, -0.1) is 0 Å². The lowest BCUT2D eigenvalue weighted by molar-refractivity contribution is -0.130. The van der Waals surface area contributed by atoms with Crippen molar-refractivity contribution >= 4 is 23.3 Å². The fourth-order valence-corrected chi connectivity index (χ4v) is 5.42. The van der Waals surface area contributed by atoms with E-state index < -0.39 is 47.2 Å². The first-order valence-electron chi connectivity index (χ1n) is 11.9. The van der Waals surface area contributed by atoms with Gasteiger partial charge in [0, 0.05) is 25.9 Å². The molecule has 1 aromatic carbocycles. The quantitative estimate of drug-likeness (QED) is 0.537. The summed E-state index contributed by atoms with van der Waals surface area (Å²) in [5, 5.41) is 2.27. The first-order valence-corrected chi connectivity index (χ1v) is 11.9. The van der Waals surface area contributed by atoms with Crippen molar-refractivity contribution < 1.29 is 35.9 Å². The van der Waals surface area contributed by atoms with E-state index in [2.05, 4.69) is 10.3 Å². The monoisotopic (exact) mass is 514 g/mol. The molecule has 36 heavy (non-hydrogen) atoms. The van der Waals surface area contributed by atoms with Gasteiger partial charge in [0.2, 0.25) is 0 Å². The van der Waals surface area contributed by atoms with Crippen molar-refractivity contribution in [1.82, 2.24) is 4.98 Å². The molecule has 2 aromatic rings. The second-order valence-electron chi connectivity index (χ2n) is 10.0. The summed E-state index contributed by atoms with van der Waals surface area (Å²) in [6, 6.07) is 1.78. The molecule has 1 aromatic heterocycles. The average molecular weight is 514 g/mol. The van der Waals surface area contributed by atoms with Crippen molar-refractivity contribution in [3.63, 3.8) is 0 Å². The van der Waals surface area contributed by atoms with E-state index in [1.165, 1.54) is 0 Å². The first-order chi connectivity index (χ1) is 17.0. The molecule has 12 heteroatoms. The summed E-state index contributed by atoms with van der Waals surface area (Å²) in [6.07, 6.45) is -3.37. The van der Waals surface area contributed by atoms with Crippen LogP contribution in [0.25, 0.3) is 0 Å². The van der Waals surface area contributed by atoms with E-state index in [-0.39, 0.29) is 17.4 Å². The number of ether oxygens (including phenoxy) is 1. The number of hydrogen-bond donors (Lipinski definition) is 1. The van der Waals surface area contributed by atoms with Crippen LogP contribution < -0.4 is 15.1 Å². The van der Waals surface area contributed by atoms with Gasteiger partial charge in [-0.1, -0.05) is 6.92 Å². The zero-order chi connectivity index (χ0) is 25.8. The molecular formula is C24H27F5N4O3. The van der Waals surface area contributed by atoms with Crippen LogP contribution >= 0.6 is 0 Å². The normalized spacial score (nSPS) is 22.8. The van der Waals surface area contributed by atoms with Crippen molar-refractivity contribution in [1.29, 1.82) is 0 Å². The molecule has 1 saturated carbocycles. The minimum atomic E-state index is -4.66. The van der Waals surface area contributed by atoms with Gasteiger partial charge in [-0.2, -0.15) is 18.2 Å². The minimum absolute atomic E-state index is 0.142. The summed E-state index contributed by atoms with van der Waals surface area (Å²) in [6.45, 7) is 3.73. The Bertz CT molecular complexity index is 1120. The number of nitrogens with one attached hydrogen (secondary N) is 1. The molecule has 196 valence electrons. The third kappa shape index (κ3) is 4.62. The van der Waals surface area contributed by atoms with Crippen molar-refractivity contribution in [2.45, 2.75) is 44.4 Å². The van der Waals surface area contributed by atoms with Gasteiger partial charge in [-0.3, -0.25) is 4.79 Å². The largest absolute Gasteiger partial charge is 0.427 e. The summed E-state index contributed by atoms with van der Waals surface area (Å²) in [5.74, 6) is -2.57. The van der Waals surface area contributed by atoms with Gasteiger partial charge in [0.25, 0.3) is 11.9 Å². The number of oxazole rings is 1. The number of amides is 1. The van der Waals surface area contributed by atoms with E-state index in [1.807, 2.05) is 6.92 Å². The third-order valence-corrected chi connectivity index (χ3v) is 7.45. The molecule has 4 aliphatic rings. The van der Waals surface area contributed by atoms with Crippen molar-refractivity contribution in [3.05, 3.63) is 35.2 Å². The molecule has 0 spiro atoms. The number of aromatic nitrogens is 1. The van der Waals surface area contributed by atoms with Crippen LogP contribution in [0.15, 0.2) is 16.5 Å². The number of carbonyl (C=O) groups is 1. The number of rotatable bonds is 7. The van der Waals surface area contributed by atoms with Crippen LogP contribution in [-0.4, -0.2) is 56.0 Å². The Morgan fingerprint density at radius 3 is 2.31 bits per heavy atom. The predicted octanol–water partition coefficient (Wildman–Crippen LogP) is 4.77. The van der Waals surface area contributed by atoms with E-state index in [4.69, 9.17) is 9.15 Å². The smallest absolute Gasteiger partial charge is 0.396 e. The number of anilines is 3. The number of methoxy groups -OCH3 is 1. The summed E-state index contributed by atoms with van der Waals surface area (Å²) >= 11 is 0. The SMILES string of the molecule is CCC1(OC)CN(c2nc(C(=O)Nc3cc(F)c(N4CC5CC(C5)C4)c(F)c3)c(CC(F)(F)F)o2)C1. The third-order valence-electron chi connectivity index (χ3n) is 7.45. The van der Waals surface area contributed by atoms with Crippen LogP contribution in [-0.2, 0) is 11.2 Å². The average Bonchev–Trinajstić information content (AvgIpc) is 3.14. The Balaban J connectivity index is 1.35. The molecule has 7 nitrogen and oxygen atoms in total. The summed E-state index contributed by atoms with van der Waals surface area (Å²) < 4.78 is 80.0. The van der Waals surface area contributed by atoms with Gasteiger partial charge in [0.15, 0.2) is 17.3 Å². The molecule has 3 aliphatic heterocycles. The molecular weight excluding hydrogens is 487 g/mol. The predicted molar refractivity (Wildman–Crippen MR) is 121 cm³/mol. The minimum Gasteiger partial charge on any atom is -0.427 e. The fraction of sp³-hybridized carbons (Fsp3) is 0.583. The highest BCUT2D eigenvalue weighted by molar-refractivity contribution is 6.04.